The molecule has 0 bridgehead atoms. The summed E-state index contributed by atoms with van der Waals surface area (Å²) in [5.74, 6) is 1.22. The number of hydrogen-bond donors (Lipinski definition) is 0. The van der Waals surface area contributed by atoms with Crippen molar-refractivity contribution in [2.45, 2.75) is 32.6 Å². The molecule has 0 atom stereocenters. The molecular formula is C21H26N6O. The Labute approximate surface area is 165 Å². The summed E-state index contributed by atoms with van der Waals surface area (Å²) in [5, 5.41) is 12.4. The number of aromatic nitrogens is 4. The average molecular weight is 378 g/mol. The molecule has 0 aliphatic carbocycles. The molecule has 7 nitrogen and oxygen atoms in total. The van der Waals surface area contributed by atoms with Gasteiger partial charge in [-0.1, -0.05) is 31.5 Å². The number of anilines is 2. The highest BCUT2D eigenvalue weighted by atomic mass is 16.2. The first-order valence-electron chi connectivity index (χ1n) is 10.0. The molecule has 2 aromatic heterocycles. The molecule has 3 aromatic rings. The van der Waals surface area contributed by atoms with Crippen LogP contribution >= 0.6 is 0 Å². The molecule has 0 saturated carbocycles. The Kier molecular flexibility index (Phi) is 5.50. The zero-order valence-corrected chi connectivity index (χ0v) is 16.2. The minimum Gasteiger partial charge on any atom is -0.355 e. The van der Waals surface area contributed by atoms with Crippen LogP contribution in [0.4, 0.5) is 11.5 Å². The maximum absolute atomic E-state index is 13.3. The lowest BCUT2D eigenvalue weighted by atomic mass is 9.94. The molecular weight excluding hydrogens is 352 g/mol. The number of carbonyl (C=O) groups excluding carboxylic acids is 1. The van der Waals surface area contributed by atoms with Gasteiger partial charge in [-0.3, -0.25) is 4.79 Å². The lowest BCUT2D eigenvalue weighted by molar-refractivity contribution is -0.123. The molecule has 1 aliphatic heterocycles. The molecule has 4 rings (SSSR count). The monoisotopic (exact) mass is 378 g/mol. The van der Waals surface area contributed by atoms with Crippen LogP contribution in [0.3, 0.4) is 0 Å². The van der Waals surface area contributed by atoms with E-state index in [-0.39, 0.29) is 11.8 Å². The highest BCUT2D eigenvalue weighted by Crippen LogP contribution is 2.26. The van der Waals surface area contributed by atoms with Crippen LogP contribution in [0.5, 0.6) is 0 Å². The van der Waals surface area contributed by atoms with Crippen molar-refractivity contribution in [1.82, 2.24) is 19.8 Å². The zero-order valence-electron chi connectivity index (χ0n) is 16.2. The van der Waals surface area contributed by atoms with Crippen molar-refractivity contribution in [2.75, 3.05) is 29.4 Å². The van der Waals surface area contributed by atoms with Gasteiger partial charge in [0.1, 0.15) is 12.1 Å². The van der Waals surface area contributed by atoms with E-state index in [1.165, 1.54) is 0 Å². The first kappa shape index (κ1) is 18.4. The van der Waals surface area contributed by atoms with Gasteiger partial charge in [0.05, 0.1) is 0 Å². The highest BCUT2D eigenvalue weighted by molar-refractivity contribution is 5.95. The van der Waals surface area contributed by atoms with E-state index < -0.39 is 0 Å². The average Bonchev–Trinajstić information content (AvgIpc) is 3.23. The van der Waals surface area contributed by atoms with Crippen LogP contribution in [0.15, 0.2) is 48.8 Å². The van der Waals surface area contributed by atoms with Crippen molar-refractivity contribution in [2.24, 2.45) is 5.92 Å². The van der Waals surface area contributed by atoms with Gasteiger partial charge >= 0.3 is 0 Å². The molecule has 146 valence electrons. The fourth-order valence-electron chi connectivity index (χ4n) is 3.75. The SMILES string of the molecule is CCCCN(C(=O)C1CCN(c2ccc3nncn3n2)CC1)c1ccccc1. The minimum absolute atomic E-state index is 0.0620. The molecule has 1 fully saturated rings. The number of fused-ring (bicyclic) bond motifs is 1. The normalized spacial score (nSPS) is 15.1. The van der Waals surface area contributed by atoms with Gasteiger partial charge in [-0.15, -0.1) is 15.3 Å². The molecule has 1 aliphatic rings. The number of para-hydroxylation sites is 1. The Balaban J connectivity index is 1.43. The van der Waals surface area contributed by atoms with Crippen molar-refractivity contribution < 1.29 is 4.79 Å². The van der Waals surface area contributed by atoms with Crippen LogP contribution in [0.2, 0.25) is 0 Å². The van der Waals surface area contributed by atoms with Crippen molar-refractivity contribution in [3.63, 3.8) is 0 Å². The second-order valence-corrected chi connectivity index (χ2v) is 7.27. The van der Waals surface area contributed by atoms with Gasteiger partial charge in [-0.2, -0.15) is 4.52 Å². The van der Waals surface area contributed by atoms with Crippen LogP contribution in [0, 0.1) is 5.92 Å². The molecule has 1 saturated heterocycles. The Morgan fingerprint density at radius 2 is 1.93 bits per heavy atom. The fraction of sp³-hybridized carbons (Fsp3) is 0.429. The Bertz CT molecular complexity index is 917. The molecule has 1 amide bonds. The Hall–Kier alpha value is -2.96. The quantitative estimate of drug-likeness (QED) is 0.659. The van der Waals surface area contributed by atoms with E-state index in [1.807, 2.05) is 47.4 Å². The van der Waals surface area contributed by atoms with Gasteiger partial charge in [0, 0.05) is 31.2 Å². The standard InChI is InChI=1S/C21H26N6O/c1-2-3-13-26(18-7-5-4-6-8-18)21(28)17-11-14-25(15-12-17)20-10-9-19-23-22-16-27(19)24-20/h4-10,16-17H,2-3,11-15H2,1H3. The fourth-order valence-corrected chi connectivity index (χ4v) is 3.75. The van der Waals surface area contributed by atoms with Crippen LogP contribution in [0.25, 0.3) is 5.65 Å². The third-order valence-corrected chi connectivity index (χ3v) is 5.38. The molecule has 0 N–H and O–H groups in total. The molecule has 0 spiro atoms. The summed E-state index contributed by atoms with van der Waals surface area (Å²) < 4.78 is 1.69. The van der Waals surface area contributed by atoms with E-state index in [0.29, 0.717) is 0 Å². The van der Waals surface area contributed by atoms with Crippen LogP contribution in [-0.2, 0) is 4.79 Å². The van der Waals surface area contributed by atoms with E-state index in [1.54, 1.807) is 10.8 Å². The predicted octanol–water partition coefficient (Wildman–Crippen LogP) is 3.17. The van der Waals surface area contributed by atoms with E-state index in [0.717, 1.165) is 62.5 Å². The lowest BCUT2D eigenvalue weighted by Gasteiger charge is -2.34. The van der Waals surface area contributed by atoms with E-state index >= 15 is 0 Å². The number of rotatable bonds is 6. The Morgan fingerprint density at radius 3 is 2.68 bits per heavy atom. The smallest absolute Gasteiger partial charge is 0.230 e. The molecule has 3 heterocycles. The van der Waals surface area contributed by atoms with E-state index in [2.05, 4.69) is 27.1 Å². The summed E-state index contributed by atoms with van der Waals surface area (Å²) in [6, 6.07) is 13.9. The van der Waals surface area contributed by atoms with Crippen LogP contribution in [-0.4, -0.2) is 45.4 Å². The molecule has 28 heavy (non-hydrogen) atoms. The molecule has 0 radical (unpaired) electrons. The van der Waals surface area contributed by atoms with Gasteiger partial charge in [0.2, 0.25) is 5.91 Å². The van der Waals surface area contributed by atoms with Crippen LogP contribution in [0.1, 0.15) is 32.6 Å². The molecule has 7 heteroatoms. The summed E-state index contributed by atoms with van der Waals surface area (Å²) in [4.78, 5) is 17.5. The summed E-state index contributed by atoms with van der Waals surface area (Å²) >= 11 is 0. The zero-order chi connectivity index (χ0) is 19.3. The lowest BCUT2D eigenvalue weighted by Crippen LogP contribution is -2.43. The number of hydrogen-bond acceptors (Lipinski definition) is 5. The number of nitrogens with zero attached hydrogens (tertiary/aromatic N) is 6. The number of benzene rings is 1. The Morgan fingerprint density at radius 1 is 1.14 bits per heavy atom. The van der Waals surface area contributed by atoms with Gasteiger partial charge in [0.15, 0.2) is 5.65 Å². The first-order valence-corrected chi connectivity index (χ1v) is 10.0. The van der Waals surface area contributed by atoms with Gasteiger partial charge < -0.3 is 9.80 Å². The number of unbranched alkanes of at least 4 members (excludes halogenated alkanes) is 1. The molecule has 0 unspecified atom stereocenters. The largest absolute Gasteiger partial charge is 0.355 e. The van der Waals surface area contributed by atoms with Gasteiger partial charge in [0.25, 0.3) is 0 Å². The van der Waals surface area contributed by atoms with Crippen molar-refractivity contribution >= 4 is 23.1 Å². The summed E-state index contributed by atoms with van der Waals surface area (Å²) in [5.41, 5.74) is 1.74. The number of carbonyl (C=O) groups is 1. The van der Waals surface area contributed by atoms with Crippen LogP contribution < -0.4 is 9.80 Å². The van der Waals surface area contributed by atoms with Gasteiger partial charge in [-0.05, 0) is 43.5 Å². The van der Waals surface area contributed by atoms with Gasteiger partial charge in [-0.25, -0.2) is 0 Å². The predicted molar refractivity (Wildman–Crippen MR) is 109 cm³/mol. The summed E-state index contributed by atoms with van der Waals surface area (Å²) in [6.07, 6.45) is 5.39. The van der Waals surface area contributed by atoms with Crippen molar-refractivity contribution in [3.05, 3.63) is 48.8 Å². The second kappa shape index (κ2) is 8.37. The van der Waals surface area contributed by atoms with Crippen molar-refractivity contribution in [1.29, 1.82) is 0 Å². The first-order chi connectivity index (χ1) is 13.8. The molecule has 1 aromatic carbocycles. The van der Waals surface area contributed by atoms with Crippen molar-refractivity contribution in [3.8, 4) is 0 Å². The van der Waals surface area contributed by atoms with E-state index in [4.69, 9.17) is 0 Å². The minimum atomic E-state index is 0.0620. The third-order valence-electron chi connectivity index (χ3n) is 5.38. The topological polar surface area (TPSA) is 66.6 Å². The summed E-state index contributed by atoms with van der Waals surface area (Å²) in [6.45, 7) is 4.60. The number of amides is 1. The maximum Gasteiger partial charge on any atom is 0.230 e. The van der Waals surface area contributed by atoms with E-state index in [9.17, 15) is 4.79 Å². The summed E-state index contributed by atoms with van der Waals surface area (Å²) in [7, 11) is 0. The maximum atomic E-state index is 13.3. The second-order valence-electron chi connectivity index (χ2n) is 7.27. The third kappa shape index (κ3) is 3.83. The number of piperidine rings is 1. The highest BCUT2D eigenvalue weighted by Gasteiger charge is 2.29.